The van der Waals surface area contributed by atoms with Crippen LogP contribution in [-0.4, -0.2) is 43.5 Å². The van der Waals surface area contributed by atoms with Gasteiger partial charge in [-0.25, -0.2) is 12.7 Å². The van der Waals surface area contributed by atoms with E-state index >= 15 is 0 Å². The molecule has 4 aliphatic carbocycles. The summed E-state index contributed by atoms with van der Waals surface area (Å²) in [6.45, 7) is 0.716. The van der Waals surface area contributed by atoms with Crippen molar-refractivity contribution in [1.82, 2.24) is 9.62 Å². The normalized spacial score (nSPS) is 42.8. The predicted octanol–water partition coefficient (Wildman–Crippen LogP) is 0.963. The summed E-state index contributed by atoms with van der Waals surface area (Å²) >= 11 is 0. The summed E-state index contributed by atoms with van der Waals surface area (Å²) in [5, 5.41) is 3.34. The summed E-state index contributed by atoms with van der Waals surface area (Å²) in [4.78, 5) is 12.4. The van der Waals surface area contributed by atoms with Crippen LogP contribution in [0.2, 0.25) is 0 Å². The highest BCUT2D eigenvalue weighted by molar-refractivity contribution is 7.88. The van der Waals surface area contributed by atoms with Crippen molar-refractivity contribution in [2.45, 2.75) is 44.1 Å². The van der Waals surface area contributed by atoms with E-state index in [4.69, 9.17) is 0 Å². The first-order chi connectivity index (χ1) is 9.83. The summed E-state index contributed by atoms with van der Waals surface area (Å²) in [6, 6.07) is 0. The van der Waals surface area contributed by atoms with Gasteiger partial charge < -0.3 is 5.32 Å². The molecule has 4 saturated carbocycles. The lowest BCUT2D eigenvalue weighted by atomic mass is 9.53. The van der Waals surface area contributed by atoms with Crippen LogP contribution in [-0.2, 0) is 14.8 Å². The van der Waals surface area contributed by atoms with Gasteiger partial charge in [0.2, 0.25) is 15.9 Å². The van der Waals surface area contributed by atoms with Crippen molar-refractivity contribution in [3.05, 3.63) is 0 Å². The van der Waals surface area contributed by atoms with E-state index in [2.05, 4.69) is 5.32 Å². The average molecular weight is 312 g/mol. The molecule has 0 spiro atoms. The second-order valence-electron chi connectivity index (χ2n) is 7.96. The third-order valence-electron chi connectivity index (χ3n) is 6.11. The molecule has 6 heteroatoms. The first kappa shape index (κ1) is 14.0. The number of nitrogens with one attached hydrogen (secondary N) is 1. The van der Waals surface area contributed by atoms with Crippen molar-refractivity contribution in [3.63, 3.8) is 0 Å². The summed E-state index contributed by atoms with van der Waals surface area (Å²) < 4.78 is 24.2. The van der Waals surface area contributed by atoms with Gasteiger partial charge in [-0.3, -0.25) is 4.79 Å². The van der Waals surface area contributed by atoms with Gasteiger partial charge in [-0.15, -0.1) is 0 Å². The smallest absolute Gasteiger partial charge is 0.226 e. The van der Waals surface area contributed by atoms with Crippen LogP contribution in [0.25, 0.3) is 0 Å². The Morgan fingerprint density at radius 3 is 1.95 bits per heavy atom. The Morgan fingerprint density at radius 1 is 1.05 bits per heavy atom. The standard InChI is InChI=1S/C15H24N2O3S/c1-21(19,20)17-8-13(9-17)14(18)16-15-5-10-2-11(6-15)4-12(3-10)7-15/h10-13H,2-9H2,1H3,(H,16,18). The zero-order valence-electron chi connectivity index (χ0n) is 12.5. The molecule has 4 bridgehead atoms. The minimum absolute atomic E-state index is 0.0390. The van der Waals surface area contributed by atoms with Crippen molar-refractivity contribution in [2.24, 2.45) is 23.7 Å². The van der Waals surface area contributed by atoms with E-state index in [0.717, 1.165) is 37.0 Å². The number of hydrogen-bond donors (Lipinski definition) is 1. The predicted molar refractivity (Wildman–Crippen MR) is 79.0 cm³/mol. The van der Waals surface area contributed by atoms with E-state index in [9.17, 15) is 13.2 Å². The number of rotatable bonds is 3. The minimum atomic E-state index is -3.13. The Balaban J connectivity index is 1.40. The SMILES string of the molecule is CS(=O)(=O)N1CC(C(=O)NC23CC4CC(CC(C4)C2)C3)C1. The van der Waals surface area contributed by atoms with Gasteiger partial charge in [0, 0.05) is 18.6 Å². The van der Waals surface area contributed by atoms with Crippen LogP contribution >= 0.6 is 0 Å². The molecule has 0 atom stereocenters. The molecule has 0 aromatic carbocycles. The topological polar surface area (TPSA) is 66.5 Å². The molecule has 1 aliphatic heterocycles. The molecule has 118 valence electrons. The summed E-state index contributed by atoms with van der Waals surface area (Å²) in [7, 11) is -3.13. The molecule has 1 saturated heterocycles. The molecule has 5 fully saturated rings. The molecule has 1 heterocycles. The van der Waals surface area contributed by atoms with Gasteiger partial charge in [0.25, 0.3) is 0 Å². The van der Waals surface area contributed by atoms with E-state index < -0.39 is 10.0 Å². The molecule has 0 unspecified atom stereocenters. The molecule has 1 N–H and O–H groups in total. The van der Waals surface area contributed by atoms with E-state index in [-0.39, 0.29) is 17.4 Å². The summed E-state index contributed by atoms with van der Waals surface area (Å²) in [6.07, 6.45) is 8.73. The van der Waals surface area contributed by atoms with Gasteiger partial charge >= 0.3 is 0 Å². The van der Waals surface area contributed by atoms with Gasteiger partial charge in [-0.1, -0.05) is 0 Å². The number of nitrogens with zero attached hydrogens (tertiary/aromatic N) is 1. The van der Waals surface area contributed by atoms with E-state index in [1.165, 1.54) is 29.8 Å². The zero-order chi connectivity index (χ0) is 14.8. The minimum Gasteiger partial charge on any atom is -0.350 e. The van der Waals surface area contributed by atoms with Gasteiger partial charge in [-0.05, 0) is 56.3 Å². The molecule has 5 nitrogen and oxygen atoms in total. The Labute approximate surface area is 126 Å². The van der Waals surface area contributed by atoms with Crippen LogP contribution in [0.3, 0.4) is 0 Å². The fourth-order valence-corrected chi connectivity index (χ4v) is 6.40. The average Bonchev–Trinajstić information content (AvgIpc) is 2.20. The van der Waals surface area contributed by atoms with E-state index in [0.29, 0.717) is 13.1 Å². The van der Waals surface area contributed by atoms with Gasteiger partial charge in [0.05, 0.1) is 12.2 Å². The Kier molecular flexibility index (Phi) is 2.96. The quantitative estimate of drug-likeness (QED) is 0.844. The molecular weight excluding hydrogens is 288 g/mol. The van der Waals surface area contributed by atoms with E-state index in [1.54, 1.807) is 0 Å². The highest BCUT2D eigenvalue weighted by Gasteiger charge is 2.52. The molecule has 1 amide bonds. The van der Waals surface area contributed by atoms with Crippen LogP contribution in [0.1, 0.15) is 38.5 Å². The van der Waals surface area contributed by atoms with Crippen LogP contribution in [0.15, 0.2) is 0 Å². The number of hydrogen-bond acceptors (Lipinski definition) is 3. The monoisotopic (exact) mass is 312 g/mol. The van der Waals surface area contributed by atoms with Gasteiger partial charge in [0.1, 0.15) is 0 Å². The van der Waals surface area contributed by atoms with Crippen LogP contribution in [0, 0.1) is 23.7 Å². The lowest BCUT2D eigenvalue weighted by molar-refractivity contribution is -0.134. The van der Waals surface area contributed by atoms with Crippen molar-refractivity contribution in [1.29, 1.82) is 0 Å². The lowest BCUT2D eigenvalue weighted by Crippen LogP contribution is -2.64. The molecule has 5 rings (SSSR count). The van der Waals surface area contributed by atoms with Crippen molar-refractivity contribution in [2.75, 3.05) is 19.3 Å². The number of carbonyl (C=O) groups is 1. The van der Waals surface area contributed by atoms with Gasteiger partial charge in [-0.2, -0.15) is 0 Å². The third kappa shape index (κ3) is 2.40. The highest BCUT2D eigenvalue weighted by Crippen LogP contribution is 2.55. The fourth-order valence-electron chi connectivity index (χ4n) is 5.50. The lowest BCUT2D eigenvalue weighted by Gasteiger charge is -2.57. The number of carbonyl (C=O) groups excluding carboxylic acids is 1. The maximum atomic E-state index is 12.4. The first-order valence-corrected chi connectivity index (χ1v) is 9.95. The van der Waals surface area contributed by atoms with Crippen molar-refractivity contribution >= 4 is 15.9 Å². The summed E-state index contributed by atoms with van der Waals surface area (Å²) in [5.41, 5.74) is 0.0390. The molecule has 21 heavy (non-hydrogen) atoms. The van der Waals surface area contributed by atoms with Crippen molar-refractivity contribution < 1.29 is 13.2 Å². The van der Waals surface area contributed by atoms with Crippen LogP contribution in [0.5, 0.6) is 0 Å². The van der Waals surface area contributed by atoms with Crippen LogP contribution in [0.4, 0.5) is 0 Å². The molecule has 0 aromatic heterocycles. The van der Waals surface area contributed by atoms with E-state index in [1.807, 2.05) is 0 Å². The maximum absolute atomic E-state index is 12.4. The Hall–Kier alpha value is -0.620. The number of sulfonamides is 1. The second kappa shape index (κ2) is 4.44. The Morgan fingerprint density at radius 2 is 1.52 bits per heavy atom. The first-order valence-electron chi connectivity index (χ1n) is 8.10. The van der Waals surface area contributed by atoms with Crippen molar-refractivity contribution in [3.8, 4) is 0 Å². The number of amides is 1. The third-order valence-corrected chi connectivity index (χ3v) is 7.35. The molecule has 0 radical (unpaired) electrons. The summed E-state index contributed by atoms with van der Waals surface area (Å²) in [5.74, 6) is 2.37. The molecule has 5 aliphatic rings. The van der Waals surface area contributed by atoms with Crippen LogP contribution < -0.4 is 5.32 Å². The second-order valence-corrected chi connectivity index (χ2v) is 9.95. The fraction of sp³-hybridized carbons (Fsp3) is 0.933. The highest BCUT2D eigenvalue weighted by atomic mass is 32.2. The zero-order valence-corrected chi connectivity index (χ0v) is 13.4. The van der Waals surface area contributed by atoms with Gasteiger partial charge in [0.15, 0.2) is 0 Å². The largest absolute Gasteiger partial charge is 0.350 e. The molecule has 0 aromatic rings. The maximum Gasteiger partial charge on any atom is 0.226 e. The Bertz CT molecular complexity index is 530. The molecular formula is C15H24N2O3S.